The van der Waals surface area contributed by atoms with Crippen LogP contribution in [0.25, 0.3) is 32.6 Å². The number of rotatable bonds is 5. The minimum Gasteiger partial charge on any atom is -0.409 e. The maximum Gasteiger partial charge on any atom is 0.417 e. The summed E-state index contributed by atoms with van der Waals surface area (Å²) in [5, 5.41) is 9.26. The number of aromatic nitrogens is 2. The molecule has 4 heterocycles. The molecule has 0 aliphatic carbocycles. The molecule has 0 spiro atoms. The summed E-state index contributed by atoms with van der Waals surface area (Å²) in [5.74, 6) is 0.268. The summed E-state index contributed by atoms with van der Waals surface area (Å²) in [6.07, 6.45) is -0.561. The lowest BCUT2D eigenvalue weighted by Crippen LogP contribution is -2.30. The second kappa shape index (κ2) is 9.64. The summed E-state index contributed by atoms with van der Waals surface area (Å²) < 4.78 is 5.52. The van der Waals surface area contributed by atoms with Crippen LogP contribution in [0.2, 0.25) is 0 Å². The standard InChI is InChI=1S/C33H24ClN5O4/c34-14-20-16-39(27-13-28-30-21(29(20)27)5-3-7-24(30)38-33(42)43-28)32(41)26-12-19-10-17(8-9-23(19)37-26)15-35-31(40)25-11-18-4-1-2-6-22(18)36-25/h1-13,20,36-37H,14-16H2,(H,35,40)(H,38,42)/t20-/m1/s1. The van der Waals surface area contributed by atoms with Gasteiger partial charge in [0.15, 0.2) is 0 Å². The lowest BCUT2D eigenvalue weighted by molar-refractivity contribution is 0.0945. The Labute approximate surface area is 249 Å². The van der Waals surface area contributed by atoms with Crippen LogP contribution < -0.4 is 20.3 Å². The second-order valence-corrected chi connectivity index (χ2v) is 11.2. The average Bonchev–Trinajstić information content (AvgIpc) is 3.74. The fourth-order valence-electron chi connectivity index (χ4n) is 6.28. The number of carbonyl (C=O) groups is 3. The number of para-hydroxylation sites is 1. The molecule has 43 heavy (non-hydrogen) atoms. The number of nitrogens with zero attached hydrogens (tertiary/aromatic N) is 1. The van der Waals surface area contributed by atoms with Gasteiger partial charge in [0, 0.05) is 58.1 Å². The van der Waals surface area contributed by atoms with E-state index in [-0.39, 0.29) is 17.7 Å². The van der Waals surface area contributed by atoms with Gasteiger partial charge in [0.05, 0.1) is 11.4 Å². The number of nitrogens with one attached hydrogen (secondary N) is 4. The third kappa shape index (κ3) is 4.11. The van der Waals surface area contributed by atoms with Crippen LogP contribution in [0.5, 0.6) is 5.75 Å². The highest BCUT2D eigenvalue weighted by atomic mass is 35.5. The maximum atomic E-state index is 13.9. The van der Waals surface area contributed by atoms with Crippen LogP contribution in [-0.4, -0.2) is 40.3 Å². The summed E-state index contributed by atoms with van der Waals surface area (Å²) in [6, 6.07) is 24.6. The van der Waals surface area contributed by atoms with Crippen LogP contribution >= 0.6 is 11.6 Å². The van der Waals surface area contributed by atoms with Crippen molar-refractivity contribution in [3.05, 3.63) is 101 Å². The van der Waals surface area contributed by atoms with Crippen molar-refractivity contribution in [1.82, 2.24) is 15.3 Å². The molecule has 1 atom stereocenters. The van der Waals surface area contributed by atoms with Gasteiger partial charge < -0.3 is 24.9 Å². The number of ether oxygens (including phenoxy) is 1. The van der Waals surface area contributed by atoms with Gasteiger partial charge in [-0.3, -0.25) is 14.9 Å². The molecule has 0 bridgehead atoms. The van der Waals surface area contributed by atoms with Crippen molar-refractivity contribution >= 4 is 73.5 Å². The van der Waals surface area contributed by atoms with Gasteiger partial charge in [0.25, 0.3) is 11.8 Å². The molecule has 3 amide bonds. The van der Waals surface area contributed by atoms with E-state index in [9.17, 15) is 14.4 Å². The summed E-state index contributed by atoms with van der Waals surface area (Å²) in [4.78, 5) is 47.0. The number of benzene rings is 4. The molecule has 0 saturated heterocycles. The van der Waals surface area contributed by atoms with Crippen molar-refractivity contribution in [2.45, 2.75) is 12.5 Å². The Balaban J connectivity index is 1.07. The first-order valence-electron chi connectivity index (χ1n) is 13.9. The molecule has 4 aromatic carbocycles. The van der Waals surface area contributed by atoms with E-state index in [2.05, 4.69) is 20.6 Å². The quantitative estimate of drug-likeness (QED) is 0.169. The highest BCUT2D eigenvalue weighted by Gasteiger charge is 2.37. The van der Waals surface area contributed by atoms with Crippen LogP contribution in [-0.2, 0) is 6.54 Å². The van der Waals surface area contributed by atoms with Crippen molar-refractivity contribution in [3.63, 3.8) is 0 Å². The normalized spacial score (nSPS) is 15.5. The molecule has 2 aliphatic heterocycles. The van der Waals surface area contributed by atoms with Crippen molar-refractivity contribution in [2.24, 2.45) is 0 Å². The molecular formula is C33H24ClN5O4. The number of halogens is 1. The largest absolute Gasteiger partial charge is 0.417 e. The molecule has 0 unspecified atom stereocenters. The van der Waals surface area contributed by atoms with E-state index in [0.29, 0.717) is 47.5 Å². The van der Waals surface area contributed by atoms with Crippen molar-refractivity contribution in [1.29, 1.82) is 0 Å². The monoisotopic (exact) mass is 589 g/mol. The fraction of sp³-hybridized carbons (Fsp3) is 0.121. The molecule has 0 saturated carbocycles. The van der Waals surface area contributed by atoms with Gasteiger partial charge in [0.2, 0.25) is 0 Å². The minimum atomic E-state index is -0.561. The zero-order chi connectivity index (χ0) is 29.2. The number of anilines is 2. The number of hydrogen-bond donors (Lipinski definition) is 4. The van der Waals surface area contributed by atoms with E-state index in [1.165, 1.54) is 0 Å². The Kier molecular flexibility index (Phi) is 5.70. The first-order valence-corrected chi connectivity index (χ1v) is 14.4. The number of amides is 3. The van der Waals surface area contributed by atoms with E-state index in [1.54, 1.807) is 11.0 Å². The van der Waals surface area contributed by atoms with E-state index in [0.717, 1.165) is 43.7 Å². The predicted molar refractivity (Wildman–Crippen MR) is 166 cm³/mol. The maximum absolute atomic E-state index is 13.9. The Morgan fingerprint density at radius 2 is 1.74 bits per heavy atom. The predicted octanol–water partition coefficient (Wildman–Crippen LogP) is 6.64. The number of alkyl halides is 1. The number of hydrogen-bond acceptors (Lipinski definition) is 4. The Hall–Kier alpha value is -5.28. The molecule has 10 heteroatoms. The van der Waals surface area contributed by atoms with Crippen LogP contribution in [0.4, 0.5) is 16.2 Å². The summed E-state index contributed by atoms with van der Waals surface area (Å²) >= 11 is 6.42. The van der Waals surface area contributed by atoms with Gasteiger partial charge in [-0.1, -0.05) is 36.4 Å². The van der Waals surface area contributed by atoms with Gasteiger partial charge in [-0.15, -0.1) is 11.6 Å². The molecule has 2 aliphatic rings. The van der Waals surface area contributed by atoms with E-state index in [4.69, 9.17) is 16.3 Å². The minimum absolute atomic E-state index is 0.0839. The molecule has 2 aromatic heterocycles. The molecule has 0 fully saturated rings. The van der Waals surface area contributed by atoms with Gasteiger partial charge >= 0.3 is 6.09 Å². The van der Waals surface area contributed by atoms with E-state index in [1.807, 2.05) is 72.8 Å². The van der Waals surface area contributed by atoms with Crippen LogP contribution in [0.1, 0.15) is 38.0 Å². The molecule has 6 aromatic rings. The third-order valence-corrected chi connectivity index (χ3v) is 8.63. The number of carbonyl (C=O) groups excluding carboxylic acids is 3. The van der Waals surface area contributed by atoms with Crippen LogP contribution in [0, 0.1) is 0 Å². The van der Waals surface area contributed by atoms with Gasteiger partial charge in [-0.2, -0.15) is 0 Å². The molecule has 4 N–H and O–H groups in total. The molecule has 212 valence electrons. The summed E-state index contributed by atoms with van der Waals surface area (Å²) in [5.41, 5.74) is 5.87. The first kappa shape index (κ1) is 25.4. The zero-order valence-electron chi connectivity index (χ0n) is 22.7. The second-order valence-electron chi connectivity index (χ2n) is 10.9. The molecule has 9 nitrogen and oxygen atoms in total. The van der Waals surface area contributed by atoms with Crippen molar-refractivity contribution < 1.29 is 19.1 Å². The van der Waals surface area contributed by atoms with E-state index >= 15 is 0 Å². The van der Waals surface area contributed by atoms with Crippen molar-refractivity contribution in [3.8, 4) is 5.75 Å². The fourth-order valence-corrected chi connectivity index (χ4v) is 6.53. The third-order valence-electron chi connectivity index (χ3n) is 8.26. The van der Waals surface area contributed by atoms with Crippen molar-refractivity contribution in [2.75, 3.05) is 22.6 Å². The Bertz CT molecular complexity index is 2120. The summed E-state index contributed by atoms with van der Waals surface area (Å²) in [6.45, 7) is 0.739. The highest BCUT2D eigenvalue weighted by molar-refractivity contribution is 6.20. The Morgan fingerprint density at radius 1 is 0.930 bits per heavy atom. The SMILES string of the molecule is O=C1Nc2cccc3c4c(cc(c23)O1)N(C(=O)c1cc2cc(CNC(=O)c3cc5ccccc5[nH]3)ccc2[nH]1)C[C@H]4CCl. The smallest absolute Gasteiger partial charge is 0.409 e. The Morgan fingerprint density at radius 3 is 2.60 bits per heavy atom. The molecule has 0 radical (unpaired) electrons. The van der Waals surface area contributed by atoms with Gasteiger partial charge in [-0.05, 0) is 52.9 Å². The van der Waals surface area contributed by atoms with E-state index < -0.39 is 6.09 Å². The molecular weight excluding hydrogens is 566 g/mol. The topological polar surface area (TPSA) is 119 Å². The lowest BCUT2D eigenvalue weighted by atomic mass is 9.94. The lowest BCUT2D eigenvalue weighted by Gasteiger charge is -2.22. The number of H-pyrrole nitrogens is 2. The van der Waals surface area contributed by atoms with Crippen LogP contribution in [0.3, 0.4) is 0 Å². The molecule has 8 rings (SSSR count). The highest BCUT2D eigenvalue weighted by Crippen LogP contribution is 2.49. The van der Waals surface area contributed by atoms with Crippen LogP contribution in [0.15, 0.2) is 78.9 Å². The summed E-state index contributed by atoms with van der Waals surface area (Å²) in [7, 11) is 0. The van der Waals surface area contributed by atoms with Gasteiger partial charge in [0.1, 0.15) is 17.1 Å². The van der Waals surface area contributed by atoms with Gasteiger partial charge in [-0.25, -0.2) is 4.79 Å². The number of aromatic amines is 2. The zero-order valence-corrected chi connectivity index (χ0v) is 23.4. The number of fused-ring (bicyclic) bond motifs is 4. The average molecular weight is 590 g/mol. The first-order chi connectivity index (χ1) is 21.0.